The highest BCUT2D eigenvalue weighted by Crippen LogP contribution is 2.31. The molecule has 5 nitrogen and oxygen atoms in total. The summed E-state index contributed by atoms with van der Waals surface area (Å²) in [5.74, 6) is 1.39. The van der Waals surface area contributed by atoms with Gasteiger partial charge in [0.05, 0.1) is 11.4 Å². The van der Waals surface area contributed by atoms with Gasteiger partial charge in [-0.1, -0.05) is 109 Å². The minimum absolute atomic E-state index is 0.558. The molecule has 7 rings (SSSR count). The highest BCUT2D eigenvalue weighted by molar-refractivity contribution is 5.89. The van der Waals surface area contributed by atoms with E-state index in [4.69, 9.17) is 15.1 Å². The van der Waals surface area contributed by atoms with Crippen molar-refractivity contribution in [2.75, 3.05) is 5.32 Å². The van der Waals surface area contributed by atoms with Crippen molar-refractivity contribution >= 4 is 45.3 Å². The van der Waals surface area contributed by atoms with Crippen LogP contribution in [0.15, 0.2) is 115 Å². The molecular weight excluding hydrogens is 490 g/mol. The lowest BCUT2D eigenvalue weighted by molar-refractivity contribution is 0.860. The minimum Gasteiger partial charge on any atom is -0.364 e. The van der Waals surface area contributed by atoms with E-state index < -0.39 is 0 Å². The first-order valence-corrected chi connectivity index (χ1v) is 13.4. The van der Waals surface area contributed by atoms with E-state index in [0.717, 1.165) is 34.0 Å². The molecule has 0 radical (unpaired) electrons. The highest BCUT2D eigenvalue weighted by Gasteiger charge is 2.18. The average Bonchev–Trinajstić information content (AvgIpc) is 3.36. The highest BCUT2D eigenvalue weighted by atomic mass is 15.3. The van der Waals surface area contributed by atoms with Gasteiger partial charge in [-0.25, -0.2) is 9.97 Å². The number of nitrogens with one attached hydrogen (secondary N) is 1. The zero-order valence-corrected chi connectivity index (χ0v) is 22.1. The first kappa shape index (κ1) is 23.8. The molecule has 0 saturated carbocycles. The summed E-state index contributed by atoms with van der Waals surface area (Å²) in [6.45, 7) is 2.64. The van der Waals surface area contributed by atoms with Gasteiger partial charge in [-0.15, -0.1) is 0 Å². The second-order valence-corrected chi connectivity index (χ2v) is 9.94. The molecule has 0 unspecified atom stereocenters. The third-order valence-electron chi connectivity index (χ3n) is 7.21. The number of benzene rings is 5. The molecule has 7 aromatic rings. The van der Waals surface area contributed by atoms with Gasteiger partial charge < -0.3 is 5.32 Å². The second kappa shape index (κ2) is 10.1. The molecule has 192 valence electrons. The second-order valence-electron chi connectivity index (χ2n) is 9.94. The summed E-state index contributed by atoms with van der Waals surface area (Å²) in [5, 5.41) is 13.3. The number of hydrogen-bond donors (Lipinski definition) is 1. The molecule has 0 atom stereocenters. The number of aryl methyl sites for hydroxylation is 1. The van der Waals surface area contributed by atoms with Gasteiger partial charge in [0.2, 0.25) is 0 Å². The molecule has 0 bridgehead atoms. The molecule has 2 aromatic heterocycles. The largest absolute Gasteiger partial charge is 0.364 e. The number of aromatic nitrogens is 4. The third kappa shape index (κ3) is 4.58. The zero-order valence-electron chi connectivity index (χ0n) is 22.1. The van der Waals surface area contributed by atoms with Crippen LogP contribution in [0.25, 0.3) is 50.7 Å². The Morgan fingerprint density at radius 1 is 0.675 bits per heavy atom. The Morgan fingerprint density at radius 3 is 2.12 bits per heavy atom. The van der Waals surface area contributed by atoms with Crippen LogP contribution in [0.4, 0.5) is 5.82 Å². The molecule has 5 aromatic carbocycles. The number of hydrogen-bond acceptors (Lipinski definition) is 4. The van der Waals surface area contributed by atoms with Crippen molar-refractivity contribution in [1.82, 2.24) is 19.6 Å². The fraction of sp³-hybridized carbons (Fsp3) is 0.0571. The average molecular weight is 518 g/mol. The molecule has 40 heavy (non-hydrogen) atoms. The molecule has 0 aliphatic heterocycles. The van der Waals surface area contributed by atoms with E-state index in [1.165, 1.54) is 27.1 Å². The van der Waals surface area contributed by atoms with E-state index in [1.54, 1.807) is 0 Å². The van der Waals surface area contributed by atoms with Crippen molar-refractivity contribution in [3.05, 3.63) is 138 Å². The van der Waals surface area contributed by atoms with Crippen LogP contribution in [0.1, 0.15) is 22.5 Å². The van der Waals surface area contributed by atoms with Crippen molar-refractivity contribution in [1.29, 1.82) is 0 Å². The summed E-state index contributed by atoms with van der Waals surface area (Å²) in [6.07, 6.45) is 4.11. The lowest BCUT2D eigenvalue weighted by Crippen LogP contribution is -2.07. The van der Waals surface area contributed by atoms with Gasteiger partial charge in [-0.2, -0.15) is 9.61 Å². The molecule has 0 fully saturated rings. The topological polar surface area (TPSA) is 55.1 Å². The van der Waals surface area contributed by atoms with Crippen LogP contribution in [0.5, 0.6) is 0 Å². The Kier molecular flexibility index (Phi) is 6.02. The molecule has 0 amide bonds. The smallest absolute Gasteiger partial charge is 0.253 e. The van der Waals surface area contributed by atoms with Crippen molar-refractivity contribution in [3.63, 3.8) is 0 Å². The lowest BCUT2D eigenvalue weighted by atomic mass is 10.1. The standard InChI is InChI=1S/C35H27N5/c1-24-32(20-16-25-15-17-27-11-5-7-13-29(27)21-25)37-35-38-33(31-19-18-28-12-6-8-14-30(28)22-31)34(40(35)39-24)36-23-26-9-3-2-4-10-26/h2-22,36H,23H2,1H3. The van der Waals surface area contributed by atoms with Crippen LogP contribution in [-0.2, 0) is 6.54 Å². The van der Waals surface area contributed by atoms with E-state index in [-0.39, 0.29) is 0 Å². The van der Waals surface area contributed by atoms with Crippen molar-refractivity contribution in [2.45, 2.75) is 13.5 Å². The molecule has 2 heterocycles. The Balaban J connectivity index is 1.30. The monoisotopic (exact) mass is 517 g/mol. The summed E-state index contributed by atoms with van der Waals surface area (Å²) in [5.41, 5.74) is 5.77. The first-order chi connectivity index (χ1) is 19.7. The van der Waals surface area contributed by atoms with Crippen LogP contribution < -0.4 is 5.32 Å². The Hall–Kier alpha value is -5.29. The van der Waals surface area contributed by atoms with E-state index >= 15 is 0 Å². The Morgan fingerprint density at radius 2 is 1.35 bits per heavy atom. The molecule has 0 aliphatic rings. The van der Waals surface area contributed by atoms with Crippen molar-refractivity contribution < 1.29 is 0 Å². The molecule has 5 heteroatoms. The van der Waals surface area contributed by atoms with Crippen molar-refractivity contribution in [2.24, 2.45) is 0 Å². The quantitative estimate of drug-likeness (QED) is 0.242. The van der Waals surface area contributed by atoms with Crippen LogP contribution in [0, 0.1) is 6.92 Å². The number of anilines is 1. The van der Waals surface area contributed by atoms with E-state index in [1.807, 2.05) is 35.7 Å². The van der Waals surface area contributed by atoms with Crippen LogP contribution in [-0.4, -0.2) is 19.6 Å². The summed E-state index contributed by atoms with van der Waals surface area (Å²) < 4.78 is 1.83. The molecule has 0 aliphatic carbocycles. The van der Waals surface area contributed by atoms with Gasteiger partial charge >= 0.3 is 0 Å². The zero-order chi connectivity index (χ0) is 26.9. The van der Waals surface area contributed by atoms with Crippen LogP contribution in [0.3, 0.4) is 0 Å². The normalized spacial score (nSPS) is 11.6. The maximum atomic E-state index is 4.99. The number of nitrogens with zero attached hydrogens (tertiary/aromatic N) is 4. The third-order valence-corrected chi connectivity index (χ3v) is 7.21. The molecule has 0 saturated heterocycles. The Bertz CT molecular complexity index is 2020. The SMILES string of the molecule is Cc1nn2c(NCc3ccccc3)c(-c3ccc4ccccc4c3)nc2nc1C=Cc1ccc2ccccc2c1. The maximum absolute atomic E-state index is 4.99. The van der Waals surface area contributed by atoms with Crippen LogP contribution >= 0.6 is 0 Å². The summed E-state index contributed by atoms with van der Waals surface area (Å²) >= 11 is 0. The summed E-state index contributed by atoms with van der Waals surface area (Å²) in [6, 6.07) is 40.0. The van der Waals surface area contributed by atoms with Gasteiger partial charge in [0.25, 0.3) is 5.78 Å². The number of imidazole rings is 1. The fourth-order valence-corrected chi connectivity index (χ4v) is 5.08. The molecular formula is C35H27N5. The van der Waals surface area contributed by atoms with Gasteiger partial charge in [0, 0.05) is 12.1 Å². The van der Waals surface area contributed by atoms with Gasteiger partial charge in [0.15, 0.2) is 5.82 Å². The van der Waals surface area contributed by atoms with Crippen molar-refractivity contribution in [3.8, 4) is 11.3 Å². The van der Waals surface area contributed by atoms with Crippen LogP contribution in [0.2, 0.25) is 0 Å². The van der Waals surface area contributed by atoms with Gasteiger partial charge in [0.1, 0.15) is 5.69 Å². The Labute approximate surface area is 232 Å². The predicted octanol–water partition coefficient (Wildman–Crippen LogP) is 8.19. The summed E-state index contributed by atoms with van der Waals surface area (Å²) in [4.78, 5) is 9.93. The summed E-state index contributed by atoms with van der Waals surface area (Å²) in [7, 11) is 0. The molecule has 0 spiro atoms. The van der Waals surface area contributed by atoms with E-state index in [9.17, 15) is 0 Å². The van der Waals surface area contributed by atoms with E-state index in [2.05, 4.69) is 108 Å². The maximum Gasteiger partial charge on any atom is 0.253 e. The molecule has 1 N–H and O–H groups in total. The predicted molar refractivity (Wildman–Crippen MR) is 165 cm³/mol. The van der Waals surface area contributed by atoms with E-state index in [0.29, 0.717) is 12.3 Å². The number of rotatable bonds is 6. The minimum atomic E-state index is 0.558. The van der Waals surface area contributed by atoms with Gasteiger partial charge in [-0.3, -0.25) is 0 Å². The fourth-order valence-electron chi connectivity index (χ4n) is 5.08. The lowest BCUT2D eigenvalue weighted by Gasteiger charge is -2.09. The first-order valence-electron chi connectivity index (χ1n) is 13.4. The van der Waals surface area contributed by atoms with Gasteiger partial charge in [-0.05, 0) is 57.8 Å². The number of fused-ring (bicyclic) bond motifs is 3.